The predicted octanol–water partition coefficient (Wildman–Crippen LogP) is 1.16. The molecular formula is C17H28N4O2. The Labute approximate surface area is 138 Å². The fourth-order valence-electron chi connectivity index (χ4n) is 3.43. The van der Waals surface area contributed by atoms with E-state index < -0.39 is 5.60 Å². The SMILES string of the molecule is Cc1nc2c(c(NCC(C)(O)CN3CCOCC3)n1)CCCC2. The maximum absolute atomic E-state index is 10.7. The molecule has 1 fully saturated rings. The Balaban J connectivity index is 1.63. The first-order valence-corrected chi connectivity index (χ1v) is 8.66. The van der Waals surface area contributed by atoms with Gasteiger partial charge >= 0.3 is 0 Å². The quantitative estimate of drug-likeness (QED) is 0.848. The first kappa shape index (κ1) is 16.6. The molecule has 1 aromatic heterocycles. The molecule has 0 saturated carbocycles. The molecule has 1 aliphatic heterocycles. The van der Waals surface area contributed by atoms with Crippen molar-refractivity contribution in [3.8, 4) is 0 Å². The highest BCUT2D eigenvalue weighted by Gasteiger charge is 2.26. The summed E-state index contributed by atoms with van der Waals surface area (Å²) in [6.07, 6.45) is 4.47. The number of aryl methyl sites for hydroxylation is 2. The fraction of sp³-hybridized carbons (Fsp3) is 0.765. The predicted molar refractivity (Wildman–Crippen MR) is 89.8 cm³/mol. The van der Waals surface area contributed by atoms with Crippen LogP contribution >= 0.6 is 0 Å². The van der Waals surface area contributed by atoms with Gasteiger partial charge in [0, 0.05) is 37.4 Å². The van der Waals surface area contributed by atoms with E-state index in [9.17, 15) is 5.11 Å². The highest BCUT2D eigenvalue weighted by molar-refractivity contribution is 5.48. The summed E-state index contributed by atoms with van der Waals surface area (Å²) in [4.78, 5) is 11.4. The van der Waals surface area contributed by atoms with Crippen molar-refractivity contribution in [3.05, 3.63) is 17.1 Å². The van der Waals surface area contributed by atoms with Gasteiger partial charge in [0.25, 0.3) is 0 Å². The van der Waals surface area contributed by atoms with E-state index in [1.807, 2.05) is 13.8 Å². The number of morpholine rings is 1. The monoisotopic (exact) mass is 320 g/mol. The number of ether oxygens (including phenoxy) is 1. The van der Waals surface area contributed by atoms with Gasteiger partial charge < -0.3 is 15.2 Å². The van der Waals surface area contributed by atoms with Gasteiger partial charge in [-0.05, 0) is 39.5 Å². The lowest BCUT2D eigenvalue weighted by molar-refractivity contribution is -0.0164. The van der Waals surface area contributed by atoms with Gasteiger partial charge in [-0.2, -0.15) is 0 Å². The average molecular weight is 320 g/mol. The molecule has 0 radical (unpaired) electrons. The standard InChI is InChI=1S/C17H28N4O2/c1-13-19-15-6-4-3-5-14(15)16(20-13)18-11-17(2,22)12-21-7-9-23-10-8-21/h22H,3-12H2,1-2H3,(H,18,19,20). The summed E-state index contributed by atoms with van der Waals surface area (Å²) in [5.41, 5.74) is 1.63. The smallest absolute Gasteiger partial charge is 0.133 e. The van der Waals surface area contributed by atoms with Crippen molar-refractivity contribution >= 4 is 5.82 Å². The van der Waals surface area contributed by atoms with Crippen LogP contribution in [0.1, 0.15) is 36.8 Å². The van der Waals surface area contributed by atoms with Crippen molar-refractivity contribution in [3.63, 3.8) is 0 Å². The molecule has 0 bridgehead atoms. The molecule has 2 heterocycles. The number of fused-ring (bicyclic) bond motifs is 1. The van der Waals surface area contributed by atoms with Crippen LogP contribution < -0.4 is 5.32 Å². The lowest BCUT2D eigenvalue weighted by atomic mass is 9.96. The van der Waals surface area contributed by atoms with Crippen LogP contribution in [0.15, 0.2) is 0 Å². The Kier molecular flexibility index (Phi) is 5.14. The molecule has 2 aliphatic rings. The van der Waals surface area contributed by atoms with Gasteiger partial charge in [-0.25, -0.2) is 9.97 Å². The lowest BCUT2D eigenvalue weighted by Crippen LogP contribution is -2.49. The van der Waals surface area contributed by atoms with Crippen LogP contribution in [0.2, 0.25) is 0 Å². The van der Waals surface area contributed by atoms with Gasteiger partial charge in [0.15, 0.2) is 0 Å². The van der Waals surface area contributed by atoms with Crippen LogP contribution in [-0.2, 0) is 17.6 Å². The Morgan fingerprint density at radius 2 is 1.96 bits per heavy atom. The largest absolute Gasteiger partial charge is 0.387 e. The number of rotatable bonds is 5. The van der Waals surface area contributed by atoms with Crippen LogP contribution in [0.25, 0.3) is 0 Å². The second-order valence-corrected chi connectivity index (χ2v) is 6.99. The maximum Gasteiger partial charge on any atom is 0.133 e. The van der Waals surface area contributed by atoms with Gasteiger partial charge in [-0.3, -0.25) is 4.90 Å². The van der Waals surface area contributed by atoms with Crippen LogP contribution in [0.4, 0.5) is 5.82 Å². The molecule has 6 nitrogen and oxygen atoms in total. The van der Waals surface area contributed by atoms with Crippen molar-refractivity contribution in [2.24, 2.45) is 0 Å². The number of hydrogen-bond acceptors (Lipinski definition) is 6. The molecule has 6 heteroatoms. The minimum absolute atomic E-state index is 0.493. The average Bonchev–Trinajstić information content (AvgIpc) is 2.53. The zero-order valence-corrected chi connectivity index (χ0v) is 14.3. The van der Waals surface area contributed by atoms with E-state index in [1.54, 1.807) is 0 Å². The molecule has 1 atom stereocenters. The summed E-state index contributed by atoms with van der Waals surface area (Å²) in [7, 11) is 0. The molecule has 1 aromatic rings. The zero-order valence-electron chi connectivity index (χ0n) is 14.3. The number of β-amino-alcohol motifs (C(OH)–C–C–N with tert-alkyl or cyclic N) is 1. The van der Waals surface area contributed by atoms with E-state index in [2.05, 4.69) is 20.2 Å². The van der Waals surface area contributed by atoms with Crippen molar-refractivity contribution in [2.45, 2.75) is 45.1 Å². The minimum Gasteiger partial charge on any atom is -0.387 e. The van der Waals surface area contributed by atoms with Crippen LogP contribution in [0.5, 0.6) is 0 Å². The van der Waals surface area contributed by atoms with E-state index in [0.717, 1.165) is 50.8 Å². The summed E-state index contributed by atoms with van der Waals surface area (Å²) < 4.78 is 5.36. The first-order valence-electron chi connectivity index (χ1n) is 8.66. The lowest BCUT2D eigenvalue weighted by Gasteiger charge is -2.34. The number of hydrogen-bond donors (Lipinski definition) is 2. The van der Waals surface area contributed by atoms with E-state index in [1.165, 1.54) is 24.1 Å². The van der Waals surface area contributed by atoms with Crippen molar-refractivity contribution in [1.29, 1.82) is 0 Å². The molecule has 3 rings (SSSR count). The number of nitrogens with zero attached hydrogens (tertiary/aromatic N) is 3. The molecule has 128 valence electrons. The highest BCUT2D eigenvalue weighted by Crippen LogP contribution is 2.25. The van der Waals surface area contributed by atoms with E-state index in [0.29, 0.717) is 13.1 Å². The van der Waals surface area contributed by atoms with Crippen molar-refractivity contribution in [2.75, 3.05) is 44.7 Å². The van der Waals surface area contributed by atoms with Gasteiger partial charge in [-0.1, -0.05) is 0 Å². The third-order valence-corrected chi connectivity index (χ3v) is 4.60. The minimum atomic E-state index is -0.794. The maximum atomic E-state index is 10.7. The first-order chi connectivity index (χ1) is 11.0. The summed E-state index contributed by atoms with van der Waals surface area (Å²) in [6, 6.07) is 0. The second-order valence-electron chi connectivity index (χ2n) is 6.99. The Morgan fingerprint density at radius 3 is 2.74 bits per heavy atom. The molecule has 0 spiro atoms. The molecule has 1 unspecified atom stereocenters. The van der Waals surface area contributed by atoms with E-state index in [4.69, 9.17) is 4.74 Å². The van der Waals surface area contributed by atoms with Gasteiger partial charge in [0.1, 0.15) is 11.6 Å². The zero-order chi connectivity index (χ0) is 16.3. The summed E-state index contributed by atoms with van der Waals surface area (Å²) in [5.74, 6) is 1.72. The van der Waals surface area contributed by atoms with Crippen LogP contribution in [-0.4, -0.2) is 65.0 Å². The summed E-state index contributed by atoms with van der Waals surface area (Å²) in [5, 5.41) is 14.1. The third kappa shape index (κ3) is 4.40. The van der Waals surface area contributed by atoms with Gasteiger partial charge in [-0.15, -0.1) is 0 Å². The Morgan fingerprint density at radius 1 is 1.22 bits per heavy atom. The van der Waals surface area contributed by atoms with Crippen LogP contribution in [0.3, 0.4) is 0 Å². The normalized spacial score (nSPS) is 21.5. The Bertz CT molecular complexity index is 542. The molecule has 1 saturated heterocycles. The molecule has 0 amide bonds. The molecule has 0 aromatic carbocycles. The number of nitrogens with one attached hydrogen (secondary N) is 1. The molecule has 1 aliphatic carbocycles. The number of aliphatic hydroxyl groups is 1. The van der Waals surface area contributed by atoms with Crippen molar-refractivity contribution < 1.29 is 9.84 Å². The summed E-state index contributed by atoms with van der Waals surface area (Å²) in [6.45, 7) is 8.24. The molecular weight excluding hydrogens is 292 g/mol. The van der Waals surface area contributed by atoms with E-state index >= 15 is 0 Å². The summed E-state index contributed by atoms with van der Waals surface area (Å²) >= 11 is 0. The highest BCUT2D eigenvalue weighted by atomic mass is 16.5. The fourth-order valence-corrected chi connectivity index (χ4v) is 3.43. The second kappa shape index (κ2) is 7.11. The van der Waals surface area contributed by atoms with Gasteiger partial charge in [0.2, 0.25) is 0 Å². The molecule has 23 heavy (non-hydrogen) atoms. The van der Waals surface area contributed by atoms with Gasteiger partial charge in [0.05, 0.1) is 18.8 Å². The Hall–Kier alpha value is -1.24. The molecule has 2 N–H and O–H groups in total. The van der Waals surface area contributed by atoms with Crippen molar-refractivity contribution in [1.82, 2.24) is 14.9 Å². The third-order valence-electron chi connectivity index (χ3n) is 4.60. The van der Waals surface area contributed by atoms with E-state index in [-0.39, 0.29) is 0 Å². The van der Waals surface area contributed by atoms with Crippen LogP contribution in [0, 0.1) is 6.92 Å². The number of anilines is 1. The number of aromatic nitrogens is 2. The topological polar surface area (TPSA) is 70.5 Å².